The summed E-state index contributed by atoms with van der Waals surface area (Å²) in [6.07, 6.45) is 6.18. The molecular formula is C17H12BrClN4O. The Morgan fingerprint density at radius 3 is 2.88 bits per heavy atom. The van der Waals surface area contributed by atoms with E-state index in [2.05, 4.69) is 31.3 Å². The molecule has 0 aliphatic heterocycles. The van der Waals surface area contributed by atoms with Crippen molar-refractivity contribution < 1.29 is 4.79 Å². The van der Waals surface area contributed by atoms with Gasteiger partial charge in [-0.1, -0.05) is 39.7 Å². The van der Waals surface area contributed by atoms with E-state index >= 15 is 0 Å². The molecule has 0 spiro atoms. The average Bonchev–Trinajstić information content (AvgIpc) is 3.07. The summed E-state index contributed by atoms with van der Waals surface area (Å²) in [5.74, 6) is -0.265. The highest BCUT2D eigenvalue weighted by Crippen LogP contribution is 2.24. The molecule has 120 valence electrons. The lowest BCUT2D eigenvalue weighted by Crippen LogP contribution is -2.11. The lowest BCUT2D eigenvalue weighted by molar-refractivity contribution is -0.111. The molecule has 1 aromatic heterocycles. The van der Waals surface area contributed by atoms with Crippen LogP contribution in [0.15, 0.2) is 65.7 Å². The van der Waals surface area contributed by atoms with E-state index in [1.165, 1.54) is 12.4 Å². The number of halogens is 2. The number of amides is 1. The standard InChI is InChI=1S/C17H12BrClN4O/c18-13-3-1-2-12(8-13)4-7-17(24)22-15-9-14(19)5-6-16(15)23-11-20-10-21-23/h1-11H,(H,22,24)/b7-4+. The number of benzene rings is 2. The Balaban J connectivity index is 1.80. The van der Waals surface area contributed by atoms with Crippen molar-refractivity contribution in [2.45, 2.75) is 0 Å². The van der Waals surface area contributed by atoms with Gasteiger partial charge in [0, 0.05) is 15.6 Å². The van der Waals surface area contributed by atoms with E-state index in [0.717, 1.165) is 10.0 Å². The first-order valence-electron chi connectivity index (χ1n) is 7.01. The molecule has 2 aromatic carbocycles. The molecule has 1 amide bonds. The molecule has 1 heterocycles. The lowest BCUT2D eigenvalue weighted by atomic mass is 10.2. The monoisotopic (exact) mass is 402 g/mol. The molecule has 0 saturated heterocycles. The fourth-order valence-electron chi connectivity index (χ4n) is 2.10. The van der Waals surface area contributed by atoms with Gasteiger partial charge in [0.05, 0.1) is 11.4 Å². The Kier molecular flexibility index (Phi) is 5.08. The van der Waals surface area contributed by atoms with Crippen molar-refractivity contribution in [1.82, 2.24) is 14.8 Å². The Labute approximate surface area is 152 Å². The molecule has 3 aromatic rings. The van der Waals surface area contributed by atoms with Crippen molar-refractivity contribution in [3.63, 3.8) is 0 Å². The summed E-state index contributed by atoms with van der Waals surface area (Å²) in [6.45, 7) is 0. The molecule has 0 saturated carbocycles. The minimum atomic E-state index is -0.265. The van der Waals surface area contributed by atoms with E-state index < -0.39 is 0 Å². The van der Waals surface area contributed by atoms with Gasteiger partial charge in [-0.3, -0.25) is 4.79 Å². The minimum Gasteiger partial charge on any atom is -0.321 e. The summed E-state index contributed by atoms with van der Waals surface area (Å²) in [4.78, 5) is 16.1. The van der Waals surface area contributed by atoms with Gasteiger partial charge < -0.3 is 5.32 Å². The highest BCUT2D eigenvalue weighted by Gasteiger charge is 2.08. The van der Waals surface area contributed by atoms with Crippen molar-refractivity contribution in [3.05, 3.63) is 76.3 Å². The zero-order chi connectivity index (χ0) is 16.9. The molecule has 7 heteroatoms. The highest BCUT2D eigenvalue weighted by molar-refractivity contribution is 9.10. The van der Waals surface area contributed by atoms with Gasteiger partial charge in [0.2, 0.25) is 5.91 Å². The maximum absolute atomic E-state index is 12.2. The van der Waals surface area contributed by atoms with Crippen molar-refractivity contribution in [2.75, 3.05) is 5.32 Å². The second kappa shape index (κ2) is 7.42. The number of aromatic nitrogens is 3. The predicted octanol–water partition coefficient (Wildman–Crippen LogP) is 4.34. The maximum atomic E-state index is 12.2. The fourth-order valence-corrected chi connectivity index (χ4v) is 2.69. The number of nitrogens with zero attached hydrogens (tertiary/aromatic N) is 3. The topological polar surface area (TPSA) is 59.8 Å². The molecule has 0 unspecified atom stereocenters. The Hall–Kier alpha value is -2.44. The van der Waals surface area contributed by atoms with Crippen molar-refractivity contribution in [3.8, 4) is 5.69 Å². The van der Waals surface area contributed by atoms with Crippen LogP contribution in [0.25, 0.3) is 11.8 Å². The van der Waals surface area contributed by atoms with Crippen LogP contribution < -0.4 is 5.32 Å². The molecule has 0 bridgehead atoms. The SMILES string of the molecule is O=C(/C=C/c1cccc(Br)c1)Nc1cc(Cl)ccc1-n1cncn1. The molecule has 0 aliphatic rings. The van der Waals surface area contributed by atoms with E-state index in [1.54, 1.807) is 35.3 Å². The van der Waals surface area contributed by atoms with Gasteiger partial charge in [0.25, 0.3) is 0 Å². The molecule has 0 fully saturated rings. The number of nitrogens with one attached hydrogen (secondary N) is 1. The molecule has 24 heavy (non-hydrogen) atoms. The first-order chi connectivity index (χ1) is 11.6. The van der Waals surface area contributed by atoms with Crippen LogP contribution in [-0.2, 0) is 4.79 Å². The Morgan fingerprint density at radius 1 is 1.25 bits per heavy atom. The van der Waals surface area contributed by atoms with E-state index in [1.807, 2.05) is 24.3 Å². The van der Waals surface area contributed by atoms with E-state index in [9.17, 15) is 4.79 Å². The molecule has 0 radical (unpaired) electrons. The summed E-state index contributed by atoms with van der Waals surface area (Å²) in [7, 11) is 0. The predicted molar refractivity (Wildman–Crippen MR) is 98.2 cm³/mol. The second-order valence-electron chi connectivity index (χ2n) is 4.88. The van der Waals surface area contributed by atoms with E-state index in [0.29, 0.717) is 16.4 Å². The normalized spacial score (nSPS) is 10.9. The number of carbonyl (C=O) groups excluding carboxylic acids is 1. The van der Waals surface area contributed by atoms with Gasteiger partial charge >= 0.3 is 0 Å². The Bertz CT molecular complexity index is 893. The largest absolute Gasteiger partial charge is 0.321 e. The van der Waals surface area contributed by atoms with Gasteiger partial charge in [0.1, 0.15) is 12.7 Å². The number of carbonyl (C=O) groups is 1. The second-order valence-corrected chi connectivity index (χ2v) is 6.23. The summed E-state index contributed by atoms with van der Waals surface area (Å²) >= 11 is 9.43. The molecule has 0 aliphatic carbocycles. The van der Waals surface area contributed by atoms with Crippen molar-refractivity contribution >= 4 is 45.2 Å². The number of rotatable bonds is 4. The maximum Gasteiger partial charge on any atom is 0.248 e. The summed E-state index contributed by atoms with van der Waals surface area (Å²) in [6, 6.07) is 12.8. The first kappa shape index (κ1) is 16.4. The highest BCUT2D eigenvalue weighted by atomic mass is 79.9. The molecule has 3 rings (SSSR count). The minimum absolute atomic E-state index is 0.265. The zero-order valence-electron chi connectivity index (χ0n) is 12.4. The van der Waals surface area contributed by atoms with Gasteiger partial charge in [0.15, 0.2) is 0 Å². The van der Waals surface area contributed by atoms with E-state index in [-0.39, 0.29) is 5.91 Å². The van der Waals surface area contributed by atoms with Crippen LogP contribution >= 0.6 is 27.5 Å². The third-order valence-corrected chi connectivity index (χ3v) is 3.89. The first-order valence-corrected chi connectivity index (χ1v) is 8.18. The fraction of sp³-hybridized carbons (Fsp3) is 0. The van der Waals surface area contributed by atoms with Gasteiger partial charge in [-0.25, -0.2) is 9.67 Å². The van der Waals surface area contributed by atoms with Gasteiger partial charge in [-0.2, -0.15) is 5.10 Å². The Morgan fingerprint density at radius 2 is 2.12 bits per heavy atom. The van der Waals surface area contributed by atoms with Gasteiger partial charge in [-0.15, -0.1) is 0 Å². The van der Waals surface area contributed by atoms with Crippen molar-refractivity contribution in [2.24, 2.45) is 0 Å². The van der Waals surface area contributed by atoms with Crippen molar-refractivity contribution in [1.29, 1.82) is 0 Å². The smallest absolute Gasteiger partial charge is 0.248 e. The molecule has 1 N–H and O–H groups in total. The summed E-state index contributed by atoms with van der Waals surface area (Å²) in [5, 5.41) is 7.41. The van der Waals surface area contributed by atoms with Crippen LogP contribution in [0.2, 0.25) is 5.02 Å². The lowest BCUT2D eigenvalue weighted by Gasteiger charge is -2.10. The van der Waals surface area contributed by atoms with Crippen LogP contribution in [0.1, 0.15) is 5.56 Å². The molecular weight excluding hydrogens is 392 g/mol. The van der Waals surface area contributed by atoms with Crippen LogP contribution in [0.4, 0.5) is 5.69 Å². The molecule has 5 nitrogen and oxygen atoms in total. The average molecular weight is 404 g/mol. The number of hydrogen-bond acceptors (Lipinski definition) is 3. The van der Waals surface area contributed by atoms with Crippen LogP contribution in [-0.4, -0.2) is 20.7 Å². The summed E-state index contributed by atoms with van der Waals surface area (Å²) < 4.78 is 2.51. The third kappa shape index (κ3) is 4.10. The zero-order valence-corrected chi connectivity index (χ0v) is 14.7. The van der Waals surface area contributed by atoms with Crippen LogP contribution in [0.3, 0.4) is 0 Å². The number of anilines is 1. The van der Waals surface area contributed by atoms with Crippen LogP contribution in [0.5, 0.6) is 0 Å². The quantitative estimate of drug-likeness (QED) is 0.659. The van der Waals surface area contributed by atoms with Gasteiger partial charge in [-0.05, 0) is 42.0 Å². The van der Waals surface area contributed by atoms with E-state index in [4.69, 9.17) is 11.6 Å². The molecule has 0 atom stereocenters. The summed E-state index contributed by atoms with van der Waals surface area (Å²) in [5.41, 5.74) is 2.15. The third-order valence-electron chi connectivity index (χ3n) is 3.16. The number of hydrogen-bond donors (Lipinski definition) is 1. The van der Waals surface area contributed by atoms with Crippen LogP contribution in [0, 0.1) is 0 Å².